The molecular formula is C23H30ClN5OS. The molecule has 6 nitrogen and oxygen atoms in total. The van der Waals surface area contributed by atoms with Gasteiger partial charge in [0.2, 0.25) is 5.91 Å². The third-order valence-corrected chi connectivity index (χ3v) is 8.59. The molecule has 3 aliphatic rings. The van der Waals surface area contributed by atoms with Crippen molar-refractivity contribution in [1.82, 2.24) is 19.8 Å². The summed E-state index contributed by atoms with van der Waals surface area (Å²) in [6.45, 7) is 6.43. The van der Waals surface area contributed by atoms with Crippen molar-refractivity contribution in [2.24, 2.45) is 0 Å². The molecule has 1 amide bonds. The number of nitrogens with zero attached hydrogens (tertiary/aromatic N) is 5. The fraction of sp³-hybridized carbons (Fsp3) is 0.609. The third kappa shape index (κ3) is 3.96. The summed E-state index contributed by atoms with van der Waals surface area (Å²) in [4.78, 5) is 30.7. The molecule has 0 bridgehead atoms. The number of likely N-dealkylation sites (N-methyl/N-ethyl adjacent to an activating group) is 1. The van der Waals surface area contributed by atoms with E-state index >= 15 is 0 Å². The topological polar surface area (TPSA) is 52.6 Å². The highest BCUT2D eigenvalue weighted by Crippen LogP contribution is 2.39. The van der Waals surface area contributed by atoms with Crippen LogP contribution in [-0.2, 0) is 11.2 Å². The van der Waals surface area contributed by atoms with E-state index in [4.69, 9.17) is 11.6 Å². The Balaban J connectivity index is 1.33. The number of hydrogen-bond acceptors (Lipinski definition) is 6. The van der Waals surface area contributed by atoms with Crippen molar-refractivity contribution in [3.63, 3.8) is 0 Å². The smallest absolute Gasteiger partial charge is 0.232 e. The molecule has 2 aromatic heterocycles. The molecule has 31 heavy (non-hydrogen) atoms. The Labute approximate surface area is 193 Å². The number of thiophene rings is 1. The van der Waals surface area contributed by atoms with Gasteiger partial charge in [-0.05, 0) is 57.3 Å². The van der Waals surface area contributed by atoms with Crippen LogP contribution in [0.5, 0.6) is 0 Å². The van der Waals surface area contributed by atoms with Crippen molar-refractivity contribution < 1.29 is 4.79 Å². The molecule has 2 saturated heterocycles. The molecule has 2 fully saturated rings. The number of hydrogen-bond donors (Lipinski definition) is 0. The molecule has 0 radical (unpaired) electrons. The van der Waals surface area contributed by atoms with Crippen LogP contribution in [0.3, 0.4) is 0 Å². The Morgan fingerprint density at radius 1 is 1.16 bits per heavy atom. The van der Waals surface area contributed by atoms with Gasteiger partial charge in [-0.15, -0.1) is 11.3 Å². The normalized spacial score (nSPS) is 25.1. The first kappa shape index (κ1) is 21.2. The van der Waals surface area contributed by atoms with E-state index in [9.17, 15) is 4.79 Å². The van der Waals surface area contributed by atoms with E-state index in [1.165, 1.54) is 11.3 Å². The Morgan fingerprint density at radius 2 is 1.97 bits per heavy atom. The Morgan fingerprint density at radius 3 is 2.65 bits per heavy atom. The van der Waals surface area contributed by atoms with Crippen molar-refractivity contribution in [1.29, 1.82) is 0 Å². The summed E-state index contributed by atoms with van der Waals surface area (Å²) in [7, 11) is 2.14. The number of fused-ring (bicyclic) bond motifs is 1. The Hall–Kier alpha value is -1.70. The standard InChI is InChI=1S/C23H30ClN5OS/c1-15-5-6-16-20(15)22(26-14-25-16)28-10-12-29(13-11-28)23(30)21(17-4-3-9-27(17)2)18-7-8-19(24)31-18/h7-8,14-15,17,21H,3-6,9-13H2,1-2H3/t15-,17+,21-/m1/s1. The predicted molar refractivity (Wildman–Crippen MR) is 125 cm³/mol. The number of halogens is 1. The van der Waals surface area contributed by atoms with Crippen LogP contribution in [0.4, 0.5) is 5.82 Å². The van der Waals surface area contributed by atoms with E-state index in [1.807, 2.05) is 12.1 Å². The van der Waals surface area contributed by atoms with Gasteiger partial charge in [0.05, 0.1) is 10.3 Å². The zero-order chi connectivity index (χ0) is 21.5. The molecule has 0 saturated carbocycles. The lowest BCUT2D eigenvalue weighted by molar-refractivity contribution is -0.134. The summed E-state index contributed by atoms with van der Waals surface area (Å²) in [6.07, 6.45) is 6.11. The van der Waals surface area contributed by atoms with Gasteiger partial charge in [-0.25, -0.2) is 9.97 Å². The molecule has 0 aromatic carbocycles. The fourth-order valence-corrected chi connectivity index (χ4v) is 6.75. The lowest BCUT2D eigenvalue weighted by atomic mass is 9.94. The van der Waals surface area contributed by atoms with Gasteiger partial charge in [0.1, 0.15) is 12.1 Å². The summed E-state index contributed by atoms with van der Waals surface area (Å²) in [5.74, 6) is 1.72. The molecule has 2 aliphatic heterocycles. The second kappa shape index (κ2) is 8.68. The summed E-state index contributed by atoms with van der Waals surface area (Å²) in [5.41, 5.74) is 2.52. The van der Waals surface area contributed by atoms with E-state index in [1.54, 1.807) is 17.7 Å². The second-order valence-corrected chi connectivity index (χ2v) is 10.9. The number of anilines is 1. The molecule has 1 aliphatic carbocycles. The average Bonchev–Trinajstić information content (AvgIpc) is 3.50. The van der Waals surface area contributed by atoms with Gasteiger partial charge < -0.3 is 14.7 Å². The van der Waals surface area contributed by atoms with Crippen molar-refractivity contribution >= 4 is 34.7 Å². The molecule has 0 unspecified atom stereocenters. The minimum absolute atomic E-state index is 0.125. The number of likely N-dealkylation sites (tertiary alicyclic amines) is 1. The Bertz CT molecular complexity index is 957. The maximum atomic E-state index is 13.7. The van der Waals surface area contributed by atoms with Crippen molar-refractivity contribution in [2.75, 3.05) is 44.7 Å². The van der Waals surface area contributed by atoms with Crippen LogP contribution < -0.4 is 4.90 Å². The molecule has 166 valence electrons. The lowest BCUT2D eigenvalue weighted by Gasteiger charge is -2.39. The number of carbonyl (C=O) groups is 1. The van der Waals surface area contributed by atoms with Gasteiger partial charge in [-0.2, -0.15) is 0 Å². The summed E-state index contributed by atoms with van der Waals surface area (Å²) >= 11 is 7.80. The number of amides is 1. The third-order valence-electron chi connectivity index (χ3n) is 7.27. The maximum Gasteiger partial charge on any atom is 0.232 e. The first-order valence-corrected chi connectivity index (χ1v) is 12.6. The highest BCUT2D eigenvalue weighted by atomic mass is 35.5. The minimum atomic E-state index is -0.125. The zero-order valence-electron chi connectivity index (χ0n) is 18.3. The van der Waals surface area contributed by atoms with E-state index in [-0.39, 0.29) is 17.9 Å². The summed E-state index contributed by atoms with van der Waals surface area (Å²) < 4.78 is 0.755. The first-order valence-electron chi connectivity index (χ1n) is 11.4. The molecule has 5 rings (SSSR count). The van der Waals surface area contributed by atoms with Crippen LogP contribution in [0.1, 0.15) is 54.2 Å². The van der Waals surface area contributed by atoms with E-state index < -0.39 is 0 Å². The number of aryl methyl sites for hydroxylation is 1. The highest BCUT2D eigenvalue weighted by Gasteiger charge is 2.39. The molecule has 0 N–H and O–H groups in total. The van der Waals surface area contributed by atoms with Crippen LogP contribution in [0.25, 0.3) is 0 Å². The van der Waals surface area contributed by atoms with Gasteiger partial charge in [0.15, 0.2) is 0 Å². The summed E-state index contributed by atoms with van der Waals surface area (Å²) in [6, 6.07) is 4.22. The van der Waals surface area contributed by atoms with Crippen LogP contribution in [-0.4, -0.2) is 71.5 Å². The lowest BCUT2D eigenvalue weighted by Crippen LogP contribution is -2.52. The van der Waals surface area contributed by atoms with E-state index in [2.05, 4.69) is 38.6 Å². The maximum absolute atomic E-state index is 13.7. The largest absolute Gasteiger partial charge is 0.353 e. The van der Waals surface area contributed by atoms with Crippen LogP contribution in [0.15, 0.2) is 18.5 Å². The number of carbonyl (C=O) groups excluding carboxylic acids is 1. The van der Waals surface area contributed by atoms with E-state index in [0.29, 0.717) is 5.92 Å². The predicted octanol–water partition coefficient (Wildman–Crippen LogP) is 3.77. The number of piperazine rings is 1. The van der Waals surface area contributed by atoms with Crippen molar-refractivity contribution in [2.45, 2.75) is 50.5 Å². The van der Waals surface area contributed by atoms with Gasteiger partial charge in [0, 0.05) is 48.4 Å². The average molecular weight is 460 g/mol. The molecule has 3 atom stereocenters. The van der Waals surface area contributed by atoms with Gasteiger partial charge in [-0.3, -0.25) is 4.79 Å². The first-order chi connectivity index (χ1) is 15.0. The molecule has 8 heteroatoms. The molecule has 0 spiro atoms. The summed E-state index contributed by atoms with van der Waals surface area (Å²) in [5, 5.41) is 0. The van der Waals surface area contributed by atoms with Crippen molar-refractivity contribution in [3.05, 3.63) is 38.9 Å². The van der Waals surface area contributed by atoms with Gasteiger partial charge in [-0.1, -0.05) is 18.5 Å². The SMILES string of the molecule is C[C@@H]1CCc2ncnc(N3CCN(C(=O)[C@@H](c4ccc(Cl)s4)[C@@H]4CCCN4C)CC3)c21. The molecule has 4 heterocycles. The quantitative estimate of drug-likeness (QED) is 0.696. The van der Waals surface area contributed by atoms with E-state index in [0.717, 1.165) is 73.4 Å². The second-order valence-electron chi connectivity index (χ2n) is 9.12. The minimum Gasteiger partial charge on any atom is -0.353 e. The van der Waals surface area contributed by atoms with Crippen LogP contribution in [0, 0.1) is 0 Å². The zero-order valence-corrected chi connectivity index (χ0v) is 19.8. The van der Waals surface area contributed by atoms with Gasteiger partial charge in [0.25, 0.3) is 0 Å². The van der Waals surface area contributed by atoms with Gasteiger partial charge >= 0.3 is 0 Å². The molecular weight excluding hydrogens is 430 g/mol. The fourth-order valence-electron chi connectivity index (χ4n) is 5.54. The van der Waals surface area contributed by atoms with Crippen LogP contribution in [0.2, 0.25) is 4.34 Å². The number of rotatable bonds is 4. The van der Waals surface area contributed by atoms with Crippen molar-refractivity contribution in [3.8, 4) is 0 Å². The number of aromatic nitrogens is 2. The molecule has 2 aromatic rings. The van der Waals surface area contributed by atoms with Crippen LogP contribution >= 0.6 is 22.9 Å². The highest BCUT2D eigenvalue weighted by molar-refractivity contribution is 7.16. The Kier molecular flexibility index (Phi) is 5.92. The monoisotopic (exact) mass is 459 g/mol.